The summed E-state index contributed by atoms with van der Waals surface area (Å²) in [6, 6.07) is 8.14. The second-order valence-electron chi connectivity index (χ2n) is 5.48. The summed E-state index contributed by atoms with van der Waals surface area (Å²) < 4.78 is 6.36. The highest BCUT2D eigenvalue weighted by molar-refractivity contribution is 9.10. The van der Waals surface area contributed by atoms with Crippen LogP contribution in [-0.4, -0.2) is 40.8 Å². The number of benzene rings is 1. The number of hydrogen-bond acceptors (Lipinski definition) is 5. The Bertz CT molecular complexity index is 592. The molecule has 1 aromatic carbocycles. The average molecular weight is 402 g/mol. The molecule has 0 saturated carbocycles. The van der Waals surface area contributed by atoms with Crippen molar-refractivity contribution in [1.29, 1.82) is 0 Å². The summed E-state index contributed by atoms with van der Waals surface area (Å²) in [5.41, 5.74) is 1.13. The lowest BCUT2D eigenvalue weighted by molar-refractivity contribution is -0.159. The Morgan fingerprint density at radius 3 is 2.38 bits per heavy atom. The van der Waals surface area contributed by atoms with Crippen LogP contribution < -0.4 is 5.32 Å². The molecule has 1 aliphatic rings. The third kappa shape index (κ3) is 6.29. The maximum absolute atomic E-state index is 12.1. The molecule has 3 N–H and O–H groups in total. The highest BCUT2D eigenvalue weighted by Gasteiger charge is 2.35. The maximum atomic E-state index is 12.1. The second-order valence-corrected chi connectivity index (χ2v) is 6.39. The second kappa shape index (κ2) is 9.39. The Labute approximate surface area is 148 Å². The van der Waals surface area contributed by atoms with Crippen LogP contribution in [0.5, 0.6) is 0 Å². The van der Waals surface area contributed by atoms with E-state index >= 15 is 0 Å². The van der Waals surface area contributed by atoms with E-state index in [1.807, 2.05) is 32.0 Å². The Balaban J connectivity index is 0.000000413. The lowest BCUT2D eigenvalue weighted by Gasteiger charge is -2.20. The van der Waals surface area contributed by atoms with Crippen LogP contribution in [0.3, 0.4) is 0 Å². The van der Waals surface area contributed by atoms with Gasteiger partial charge in [0.2, 0.25) is 0 Å². The molecule has 24 heavy (non-hydrogen) atoms. The predicted molar refractivity (Wildman–Crippen MR) is 89.5 cm³/mol. The Hall–Kier alpha value is -1.93. The summed E-state index contributed by atoms with van der Waals surface area (Å²) in [7, 11) is 0. The number of carbonyl (C=O) groups is 3. The first-order chi connectivity index (χ1) is 11.2. The van der Waals surface area contributed by atoms with Crippen molar-refractivity contribution in [3.8, 4) is 0 Å². The van der Waals surface area contributed by atoms with Crippen LogP contribution in [0.1, 0.15) is 31.9 Å². The van der Waals surface area contributed by atoms with Gasteiger partial charge in [0.25, 0.3) is 0 Å². The van der Waals surface area contributed by atoms with Gasteiger partial charge in [-0.25, -0.2) is 9.59 Å². The Kier molecular flexibility index (Phi) is 7.87. The van der Waals surface area contributed by atoms with Gasteiger partial charge in [-0.1, -0.05) is 28.1 Å². The average Bonchev–Trinajstić information content (AvgIpc) is 2.96. The Morgan fingerprint density at radius 2 is 1.88 bits per heavy atom. The first kappa shape index (κ1) is 20.1. The maximum Gasteiger partial charge on any atom is 0.414 e. The lowest BCUT2D eigenvalue weighted by Crippen LogP contribution is -2.27. The minimum Gasteiger partial charge on any atom is -0.473 e. The molecule has 0 aliphatic carbocycles. The van der Waals surface area contributed by atoms with Crippen LogP contribution in [0, 0.1) is 5.92 Å². The fraction of sp³-hybridized carbons (Fsp3) is 0.438. The minimum absolute atomic E-state index is 0.0544. The van der Waals surface area contributed by atoms with E-state index in [9.17, 15) is 4.79 Å². The molecule has 1 aliphatic heterocycles. The zero-order valence-electron chi connectivity index (χ0n) is 13.4. The third-order valence-corrected chi connectivity index (χ3v) is 3.76. The van der Waals surface area contributed by atoms with Gasteiger partial charge in [-0.15, -0.1) is 0 Å². The van der Waals surface area contributed by atoms with Crippen LogP contribution >= 0.6 is 15.9 Å². The molecule has 1 heterocycles. The van der Waals surface area contributed by atoms with Crippen LogP contribution in [0.25, 0.3) is 0 Å². The van der Waals surface area contributed by atoms with Gasteiger partial charge in [-0.3, -0.25) is 4.79 Å². The molecular weight excluding hydrogens is 382 g/mol. The lowest BCUT2D eigenvalue weighted by atomic mass is 9.94. The van der Waals surface area contributed by atoms with Gasteiger partial charge in [0, 0.05) is 10.5 Å². The first-order valence-electron chi connectivity index (χ1n) is 7.38. The molecule has 2 unspecified atom stereocenters. The van der Waals surface area contributed by atoms with E-state index in [0.717, 1.165) is 23.0 Å². The molecule has 1 saturated heterocycles. The standard InChI is InChI=1S/C14H18BrNO2.C2H2O4/c1-9(2)18-14(17)12-6-7-16-13(12)10-4-3-5-11(15)8-10;3-1(4)2(5)6/h3-5,8-9,12-13,16H,6-7H2,1-2H3;(H,3,4)(H,5,6). The highest BCUT2D eigenvalue weighted by Crippen LogP contribution is 2.32. The number of ether oxygens (including phenoxy) is 1. The topological polar surface area (TPSA) is 113 Å². The predicted octanol–water partition coefficient (Wildman–Crippen LogP) is 2.21. The van der Waals surface area contributed by atoms with E-state index in [0.29, 0.717) is 0 Å². The van der Waals surface area contributed by atoms with Crippen molar-refractivity contribution < 1.29 is 29.3 Å². The summed E-state index contributed by atoms with van der Waals surface area (Å²) in [6.45, 7) is 4.62. The van der Waals surface area contributed by atoms with Crippen LogP contribution in [0.4, 0.5) is 0 Å². The molecule has 7 nitrogen and oxygen atoms in total. The van der Waals surface area contributed by atoms with E-state index in [2.05, 4.69) is 27.3 Å². The normalized spacial score (nSPS) is 19.3. The summed E-state index contributed by atoms with van der Waals surface area (Å²) >= 11 is 3.46. The zero-order chi connectivity index (χ0) is 18.3. The van der Waals surface area contributed by atoms with Gasteiger partial charge in [-0.05, 0) is 44.5 Å². The minimum atomic E-state index is -1.82. The summed E-state index contributed by atoms with van der Waals surface area (Å²) in [4.78, 5) is 30.2. The van der Waals surface area contributed by atoms with Crippen molar-refractivity contribution in [1.82, 2.24) is 5.32 Å². The third-order valence-electron chi connectivity index (χ3n) is 3.27. The Morgan fingerprint density at radius 1 is 1.25 bits per heavy atom. The molecular formula is C16H20BrNO6. The fourth-order valence-electron chi connectivity index (χ4n) is 2.33. The number of rotatable bonds is 3. The molecule has 0 radical (unpaired) electrons. The number of carbonyl (C=O) groups excluding carboxylic acids is 1. The smallest absolute Gasteiger partial charge is 0.414 e. The monoisotopic (exact) mass is 401 g/mol. The van der Waals surface area contributed by atoms with Crippen molar-refractivity contribution in [2.75, 3.05) is 6.54 Å². The molecule has 2 atom stereocenters. The molecule has 0 bridgehead atoms. The van der Waals surface area contributed by atoms with Crippen LogP contribution in [-0.2, 0) is 19.1 Å². The van der Waals surface area contributed by atoms with E-state index in [4.69, 9.17) is 24.5 Å². The molecule has 1 fully saturated rings. The van der Waals surface area contributed by atoms with Crippen molar-refractivity contribution >= 4 is 33.8 Å². The van der Waals surface area contributed by atoms with Crippen LogP contribution in [0.2, 0.25) is 0 Å². The summed E-state index contributed by atoms with van der Waals surface area (Å²) in [5.74, 6) is -3.83. The molecule has 132 valence electrons. The first-order valence-corrected chi connectivity index (χ1v) is 8.17. The van der Waals surface area contributed by atoms with Gasteiger partial charge in [0.15, 0.2) is 0 Å². The van der Waals surface area contributed by atoms with E-state index < -0.39 is 11.9 Å². The van der Waals surface area contributed by atoms with Crippen LogP contribution in [0.15, 0.2) is 28.7 Å². The molecule has 8 heteroatoms. The van der Waals surface area contributed by atoms with Crippen molar-refractivity contribution in [2.24, 2.45) is 5.92 Å². The number of aliphatic carboxylic acids is 2. The highest BCUT2D eigenvalue weighted by atomic mass is 79.9. The summed E-state index contributed by atoms with van der Waals surface area (Å²) in [5, 5.41) is 18.2. The number of hydrogen-bond donors (Lipinski definition) is 3. The van der Waals surface area contributed by atoms with E-state index in [-0.39, 0.29) is 24.0 Å². The fourth-order valence-corrected chi connectivity index (χ4v) is 2.74. The van der Waals surface area contributed by atoms with Crippen molar-refractivity contribution in [3.05, 3.63) is 34.3 Å². The molecule has 1 aromatic rings. The molecule has 0 aromatic heterocycles. The number of carboxylic acids is 2. The zero-order valence-corrected chi connectivity index (χ0v) is 14.9. The van der Waals surface area contributed by atoms with Gasteiger partial charge in [0.1, 0.15) is 0 Å². The number of esters is 1. The van der Waals surface area contributed by atoms with Gasteiger partial charge < -0.3 is 20.3 Å². The van der Waals surface area contributed by atoms with E-state index in [1.54, 1.807) is 0 Å². The molecule has 0 amide bonds. The van der Waals surface area contributed by atoms with Gasteiger partial charge in [-0.2, -0.15) is 0 Å². The SMILES string of the molecule is CC(C)OC(=O)C1CCNC1c1cccc(Br)c1.O=C(O)C(=O)O. The van der Waals surface area contributed by atoms with Gasteiger partial charge >= 0.3 is 17.9 Å². The number of halogens is 1. The summed E-state index contributed by atoms with van der Waals surface area (Å²) in [6.07, 6.45) is 0.782. The molecule has 0 spiro atoms. The number of carboxylic acid groups (broad SMARTS) is 2. The number of nitrogens with one attached hydrogen (secondary N) is 1. The van der Waals surface area contributed by atoms with Crippen molar-refractivity contribution in [2.45, 2.75) is 32.4 Å². The van der Waals surface area contributed by atoms with Crippen molar-refractivity contribution in [3.63, 3.8) is 0 Å². The molecule has 2 rings (SSSR count). The van der Waals surface area contributed by atoms with Gasteiger partial charge in [0.05, 0.1) is 12.0 Å². The largest absolute Gasteiger partial charge is 0.473 e. The quantitative estimate of drug-likeness (QED) is 0.525. The van der Waals surface area contributed by atoms with E-state index in [1.165, 1.54) is 0 Å².